The molecule has 0 radical (unpaired) electrons. The number of rotatable bonds is 5. The van der Waals surface area contributed by atoms with Crippen molar-refractivity contribution < 1.29 is 8.42 Å². The summed E-state index contributed by atoms with van der Waals surface area (Å²) in [6.45, 7) is 0. The molecule has 2 nitrogen and oxygen atoms in total. The second-order valence-electron chi connectivity index (χ2n) is 5.51. The van der Waals surface area contributed by atoms with Crippen LogP contribution < -0.4 is 0 Å². The maximum Gasteiger partial charge on any atom is 0.178 e. The Morgan fingerprint density at radius 1 is 0.857 bits per heavy atom. The molecular formula is C17H17IO2S. The Bertz CT molecular complexity index is 698. The lowest BCUT2D eigenvalue weighted by Gasteiger charge is -2.04. The van der Waals surface area contributed by atoms with Crippen molar-refractivity contribution in [1.82, 2.24) is 0 Å². The van der Waals surface area contributed by atoms with E-state index >= 15 is 0 Å². The van der Waals surface area contributed by atoms with Crippen LogP contribution in [0, 0.1) is 11.8 Å². The van der Waals surface area contributed by atoms with Crippen molar-refractivity contribution in [2.45, 2.75) is 10.8 Å². The molecule has 1 aliphatic rings. The predicted octanol–water partition coefficient (Wildman–Crippen LogP) is 3.93. The molecule has 2 aromatic rings. The first kappa shape index (κ1) is 15.0. The van der Waals surface area contributed by atoms with Gasteiger partial charge in [0.05, 0.1) is 10.6 Å². The fourth-order valence-electron chi connectivity index (χ4n) is 3.03. The third kappa shape index (κ3) is 3.16. The van der Waals surface area contributed by atoms with Gasteiger partial charge in [-0.2, -0.15) is 0 Å². The van der Waals surface area contributed by atoms with Crippen LogP contribution in [0.4, 0.5) is 0 Å². The lowest BCUT2D eigenvalue weighted by atomic mass is 10.1. The second-order valence-corrected chi connectivity index (χ2v) is 8.43. The van der Waals surface area contributed by atoms with Crippen LogP contribution in [0.25, 0.3) is 0 Å². The molecule has 3 rings (SSSR count). The van der Waals surface area contributed by atoms with Gasteiger partial charge in [-0.25, -0.2) is 8.42 Å². The largest absolute Gasteiger partial charge is 0.224 e. The first-order chi connectivity index (χ1) is 10.1. The van der Waals surface area contributed by atoms with Gasteiger partial charge >= 0.3 is 0 Å². The summed E-state index contributed by atoms with van der Waals surface area (Å²) < 4.78 is 26.0. The molecule has 0 spiro atoms. The number of benzene rings is 2. The summed E-state index contributed by atoms with van der Waals surface area (Å²) in [6.07, 6.45) is 0. The van der Waals surface area contributed by atoms with E-state index in [-0.39, 0.29) is 11.7 Å². The van der Waals surface area contributed by atoms with E-state index in [4.69, 9.17) is 0 Å². The van der Waals surface area contributed by atoms with Gasteiger partial charge in [-0.1, -0.05) is 71.1 Å². The van der Waals surface area contributed by atoms with Crippen molar-refractivity contribution >= 4 is 32.4 Å². The minimum absolute atomic E-state index is 0.245. The zero-order chi connectivity index (χ0) is 14.9. The van der Waals surface area contributed by atoms with Gasteiger partial charge in [-0.3, -0.25) is 0 Å². The Kier molecular flexibility index (Phi) is 4.36. The van der Waals surface area contributed by atoms with Gasteiger partial charge in [0.2, 0.25) is 0 Å². The summed E-state index contributed by atoms with van der Waals surface area (Å²) in [6, 6.07) is 19.1. The molecule has 0 amide bonds. The molecule has 0 N–H and O–H groups in total. The first-order valence-electron chi connectivity index (χ1n) is 7.02. The topological polar surface area (TPSA) is 34.1 Å². The Labute approximate surface area is 139 Å². The van der Waals surface area contributed by atoms with Crippen LogP contribution in [-0.2, 0) is 9.84 Å². The van der Waals surface area contributed by atoms with Crippen molar-refractivity contribution in [3.05, 3.63) is 66.2 Å². The molecule has 1 fully saturated rings. The number of sulfone groups is 1. The highest BCUT2D eigenvalue weighted by molar-refractivity contribution is 14.1. The zero-order valence-corrected chi connectivity index (χ0v) is 14.5. The Morgan fingerprint density at radius 3 is 2.00 bits per heavy atom. The van der Waals surface area contributed by atoms with Crippen molar-refractivity contribution in [1.29, 1.82) is 0 Å². The van der Waals surface area contributed by atoms with Crippen LogP contribution in [0.1, 0.15) is 11.5 Å². The molecule has 0 heterocycles. The van der Waals surface area contributed by atoms with Gasteiger partial charge in [0.25, 0.3) is 0 Å². The number of alkyl halides is 1. The molecule has 3 atom stereocenters. The average molecular weight is 412 g/mol. The second kappa shape index (κ2) is 6.08. The maximum absolute atomic E-state index is 12.5. The Hall–Kier alpha value is -0.880. The van der Waals surface area contributed by atoms with Gasteiger partial charge in [-0.15, -0.1) is 0 Å². The van der Waals surface area contributed by atoms with E-state index in [2.05, 4.69) is 34.7 Å². The SMILES string of the molecule is O=S(=O)(C[C@H]1[C@@H](CI)[C@@H]1c1ccccc1)c1ccccc1. The van der Waals surface area contributed by atoms with E-state index in [1.54, 1.807) is 24.3 Å². The van der Waals surface area contributed by atoms with E-state index in [9.17, 15) is 8.42 Å². The minimum atomic E-state index is -3.18. The zero-order valence-electron chi connectivity index (χ0n) is 11.5. The van der Waals surface area contributed by atoms with Crippen LogP contribution >= 0.6 is 22.6 Å². The third-order valence-electron chi connectivity index (χ3n) is 4.21. The molecule has 4 heteroatoms. The van der Waals surface area contributed by atoms with E-state index in [0.717, 1.165) is 4.43 Å². The lowest BCUT2D eigenvalue weighted by molar-refractivity contribution is 0.590. The van der Waals surface area contributed by atoms with E-state index in [1.165, 1.54) is 5.56 Å². The molecule has 2 aromatic carbocycles. The minimum Gasteiger partial charge on any atom is -0.224 e. The number of halogens is 1. The van der Waals surface area contributed by atoms with Crippen LogP contribution in [-0.4, -0.2) is 18.6 Å². The third-order valence-corrected chi connectivity index (χ3v) is 7.04. The Morgan fingerprint density at radius 2 is 1.43 bits per heavy atom. The molecule has 110 valence electrons. The fourth-order valence-corrected chi connectivity index (χ4v) is 5.96. The number of hydrogen-bond donors (Lipinski definition) is 0. The summed E-state index contributed by atoms with van der Waals surface area (Å²) >= 11 is 2.37. The van der Waals surface area contributed by atoms with Crippen molar-refractivity contribution in [2.75, 3.05) is 10.2 Å². The first-order valence-corrected chi connectivity index (χ1v) is 10.2. The quantitative estimate of drug-likeness (QED) is 0.551. The highest BCUT2D eigenvalue weighted by Gasteiger charge is 2.51. The van der Waals surface area contributed by atoms with Crippen LogP contribution in [0.15, 0.2) is 65.6 Å². The standard InChI is InChI=1S/C17H17IO2S/c18-11-15-16(17(15)13-7-3-1-4-8-13)12-21(19,20)14-9-5-2-6-10-14/h1-10,15-17H,11-12H2/t15-,16+,17+/m1/s1. The molecular weight excluding hydrogens is 395 g/mol. The summed E-state index contributed by atoms with van der Waals surface area (Å²) in [7, 11) is -3.18. The van der Waals surface area contributed by atoms with Gasteiger partial charge in [-0.05, 0) is 35.4 Å². The lowest BCUT2D eigenvalue weighted by Crippen LogP contribution is -2.10. The van der Waals surface area contributed by atoms with Gasteiger partial charge in [0.15, 0.2) is 9.84 Å². The van der Waals surface area contributed by atoms with Crippen LogP contribution in [0.5, 0.6) is 0 Å². The maximum atomic E-state index is 12.5. The molecule has 0 bridgehead atoms. The molecule has 0 saturated heterocycles. The Balaban J connectivity index is 1.79. The highest BCUT2D eigenvalue weighted by Crippen LogP contribution is 2.55. The highest BCUT2D eigenvalue weighted by atomic mass is 127. The molecule has 1 aliphatic carbocycles. The molecule has 0 aromatic heterocycles. The van der Waals surface area contributed by atoms with Crippen LogP contribution in [0.2, 0.25) is 0 Å². The van der Waals surface area contributed by atoms with Gasteiger partial charge in [0, 0.05) is 4.43 Å². The van der Waals surface area contributed by atoms with E-state index in [1.807, 2.05) is 24.3 Å². The molecule has 21 heavy (non-hydrogen) atoms. The van der Waals surface area contributed by atoms with Crippen molar-refractivity contribution in [3.63, 3.8) is 0 Å². The average Bonchev–Trinajstić information content (AvgIpc) is 3.21. The van der Waals surface area contributed by atoms with Gasteiger partial charge in [0.1, 0.15) is 0 Å². The molecule has 1 saturated carbocycles. The molecule has 0 unspecified atom stereocenters. The van der Waals surface area contributed by atoms with Gasteiger partial charge < -0.3 is 0 Å². The molecule has 0 aliphatic heterocycles. The number of hydrogen-bond acceptors (Lipinski definition) is 2. The fraction of sp³-hybridized carbons (Fsp3) is 0.294. The normalized spacial score (nSPS) is 24.7. The summed E-state index contributed by atoms with van der Waals surface area (Å²) in [5.41, 5.74) is 1.27. The van der Waals surface area contributed by atoms with Crippen molar-refractivity contribution in [3.8, 4) is 0 Å². The van der Waals surface area contributed by atoms with Crippen LogP contribution in [0.3, 0.4) is 0 Å². The van der Waals surface area contributed by atoms with E-state index in [0.29, 0.717) is 16.7 Å². The summed E-state index contributed by atoms with van der Waals surface area (Å²) in [5.74, 6) is 1.37. The summed E-state index contributed by atoms with van der Waals surface area (Å²) in [4.78, 5) is 0.441. The monoisotopic (exact) mass is 412 g/mol. The van der Waals surface area contributed by atoms with Crippen molar-refractivity contribution in [2.24, 2.45) is 11.8 Å². The smallest absolute Gasteiger partial charge is 0.178 e. The van der Waals surface area contributed by atoms with E-state index < -0.39 is 9.84 Å². The summed E-state index contributed by atoms with van der Waals surface area (Å²) in [5, 5.41) is 0. The predicted molar refractivity (Wildman–Crippen MR) is 93.5 cm³/mol.